The largest absolute Gasteiger partial charge is 0.345 e. The van der Waals surface area contributed by atoms with Crippen molar-refractivity contribution in [1.82, 2.24) is 4.90 Å². The van der Waals surface area contributed by atoms with Gasteiger partial charge in [-0.2, -0.15) is 0 Å². The summed E-state index contributed by atoms with van der Waals surface area (Å²) in [6.07, 6.45) is 0. The molecule has 0 spiro atoms. The summed E-state index contributed by atoms with van der Waals surface area (Å²) in [6.45, 7) is 1.85. The van der Waals surface area contributed by atoms with Crippen LogP contribution >= 0.6 is 11.6 Å². The van der Waals surface area contributed by atoms with Crippen molar-refractivity contribution in [2.75, 3.05) is 24.7 Å². The van der Waals surface area contributed by atoms with Gasteiger partial charge in [-0.05, 0) is 55.0 Å². The molecule has 0 saturated carbocycles. The molecule has 0 saturated heterocycles. The van der Waals surface area contributed by atoms with E-state index >= 15 is 0 Å². The molecule has 0 aromatic heterocycles. The molecule has 3 aromatic rings. The molecule has 7 heteroatoms. The van der Waals surface area contributed by atoms with Gasteiger partial charge in [-0.25, -0.2) is 0 Å². The van der Waals surface area contributed by atoms with Crippen LogP contribution in [0.1, 0.15) is 36.6 Å². The first kappa shape index (κ1) is 22.1. The summed E-state index contributed by atoms with van der Waals surface area (Å²) >= 11 is 6.21. The highest BCUT2D eigenvalue weighted by atomic mass is 35.5. The summed E-state index contributed by atoms with van der Waals surface area (Å²) in [5.41, 5.74) is 3.09. The number of aryl methyl sites for hydroxylation is 1. The smallest absolute Gasteiger partial charge is 0.255 e. The van der Waals surface area contributed by atoms with E-state index in [2.05, 4.69) is 10.6 Å². The van der Waals surface area contributed by atoms with Gasteiger partial charge in [0.2, 0.25) is 0 Å². The number of rotatable bonds is 5. The number of hydrogen-bond donors (Lipinski definition) is 2. The van der Waals surface area contributed by atoms with Gasteiger partial charge in [0.15, 0.2) is 0 Å². The van der Waals surface area contributed by atoms with E-state index in [9.17, 15) is 14.4 Å². The van der Waals surface area contributed by atoms with E-state index in [-0.39, 0.29) is 22.7 Å². The van der Waals surface area contributed by atoms with Gasteiger partial charge in [0.25, 0.3) is 17.7 Å². The molecule has 0 fully saturated rings. The van der Waals surface area contributed by atoms with Crippen molar-refractivity contribution in [2.45, 2.75) is 6.92 Å². The predicted octanol–water partition coefficient (Wildman–Crippen LogP) is 4.85. The van der Waals surface area contributed by atoms with Crippen LogP contribution in [0.15, 0.2) is 66.7 Å². The van der Waals surface area contributed by atoms with Crippen LogP contribution in [0.2, 0.25) is 5.02 Å². The fourth-order valence-electron chi connectivity index (χ4n) is 2.89. The van der Waals surface area contributed by atoms with Gasteiger partial charge in [-0.3, -0.25) is 14.4 Å². The van der Waals surface area contributed by atoms with Crippen molar-refractivity contribution in [3.8, 4) is 0 Å². The lowest BCUT2D eigenvalue weighted by atomic mass is 10.1. The number of anilines is 2. The standard InChI is InChI=1S/C24H22ClN3O3/c1-15-9-10-17(13-21(15)27-22(29)16-7-5-4-6-8-16)23(30)26-18-11-12-19(20(25)14-18)24(31)28(2)3/h4-14H,1-3H3,(H,26,30)(H,27,29). The topological polar surface area (TPSA) is 78.5 Å². The van der Waals surface area contributed by atoms with E-state index in [1.54, 1.807) is 68.7 Å². The number of halogens is 1. The lowest BCUT2D eigenvalue weighted by Gasteiger charge is -2.13. The molecule has 3 amide bonds. The molecular formula is C24H22ClN3O3. The van der Waals surface area contributed by atoms with E-state index in [1.807, 2.05) is 13.0 Å². The Morgan fingerprint density at radius 3 is 2.13 bits per heavy atom. The van der Waals surface area contributed by atoms with Crippen LogP contribution in [-0.2, 0) is 0 Å². The number of carbonyl (C=O) groups excluding carboxylic acids is 3. The first-order valence-corrected chi connectivity index (χ1v) is 9.93. The zero-order chi connectivity index (χ0) is 22.5. The van der Waals surface area contributed by atoms with Gasteiger partial charge in [-0.15, -0.1) is 0 Å². The average Bonchev–Trinajstić information content (AvgIpc) is 2.75. The van der Waals surface area contributed by atoms with E-state index in [0.717, 1.165) is 5.56 Å². The molecule has 6 nitrogen and oxygen atoms in total. The Balaban J connectivity index is 1.77. The van der Waals surface area contributed by atoms with Crippen molar-refractivity contribution in [1.29, 1.82) is 0 Å². The van der Waals surface area contributed by atoms with Crippen LogP contribution in [0, 0.1) is 6.92 Å². The molecule has 0 heterocycles. The fourth-order valence-corrected chi connectivity index (χ4v) is 3.15. The fraction of sp³-hybridized carbons (Fsp3) is 0.125. The van der Waals surface area contributed by atoms with E-state index in [4.69, 9.17) is 11.6 Å². The molecule has 158 valence electrons. The van der Waals surface area contributed by atoms with Crippen molar-refractivity contribution in [3.05, 3.63) is 94.0 Å². The van der Waals surface area contributed by atoms with Gasteiger partial charge in [0, 0.05) is 36.6 Å². The molecule has 0 aliphatic rings. The van der Waals surface area contributed by atoms with E-state index < -0.39 is 0 Å². The lowest BCUT2D eigenvalue weighted by molar-refractivity contribution is 0.0827. The second-order valence-corrected chi connectivity index (χ2v) is 7.61. The Morgan fingerprint density at radius 1 is 0.806 bits per heavy atom. The summed E-state index contributed by atoms with van der Waals surface area (Å²) in [7, 11) is 3.28. The van der Waals surface area contributed by atoms with E-state index in [0.29, 0.717) is 28.1 Å². The molecule has 0 radical (unpaired) electrons. The van der Waals surface area contributed by atoms with Gasteiger partial charge in [0.1, 0.15) is 0 Å². The van der Waals surface area contributed by atoms with Crippen molar-refractivity contribution >= 4 is 40.7 Å². The normalized spacial score (nSPS) is 10.3. The number of nitrogens with zero attached hydrogens (tertiary/aromatic N) is 1. The summed E-state index contributed by atoms with van der Waals surface area (Å²) < 4.78 is 0. The summed E-state index contributed by atoms with van der Waals surface area (Å²) in [5, 5.41) is 5.85. The third-order valence-corrected chi connectivity index (χ3v) is 4.96. The van der Waals surface area contributed by atoms with Gasteiger partial charge >= 0.3 is 0 Å². The Kier molecular flexibility index (Phi) is 6.72. The molecule has 2 N–H and O–H groups in total. The maximum Gasteiger partial charge on any atom is 0.255 e. The second kappa shape index (κ2) is 9.45. The minimum absolute atomic E-state index is 0.222. The summed E-state index contributed by atoms with van der Waals surface area (Å²) in [5.74, 6) is -0.840. The zero-order valence-electron chi connectivity index (χ0n) is 17.4. The first-order chi connectivity index (χ1) is 14.8. The Morgan fingerprint density at radius 2 is 1.48 bits per heavy atom. The van der Waals surface area contributed by atoms with Gasteiger partial charge < -0.3 is 15.5 Å². The second-order valence-electron chi connectivity index (χ2n) is 7.20. The Bertz CT molecular complexity index is 1140. The molecule has 0 bridgehead atoms. The summed E-state index contributed by atoms with van der Waals surface area (Å²) in [4.78, 5) is 38.7. The first-order valence-electron chi connectivity index (χ1n) is 9.56. The lowest BCUT2D eigenvalue weighted by Crippen LogP contribution is -2.22. The third-order valence-electron chi connectivity index (χ3n) is 4.65. The molecule has 0 atom stereocenters. The number of hydrogen-bond acceptors (Lipinski definition) is 3. The highest BCUT2D eigenvalue weighted by Crippen LogP contribution is 2.23. The monoisotopic (exact) mass is 435 g/mol. The minimum Gasteiger partial charge on any atom is -0.345 e. The molecule has 0 unspecified atom stereocenters. The SMILES string of the molecule is Cc1ccc(C(=O)Nc2ccc(C(=O)N(C)C)c(Cl)c2)cc1NC(=O)c1ccccc1. The molecule has 31 heavy (non-hydrogen) atoms. The Labute approximate surface area is 185 Å². The minimum atomic E-state index is -0.363. The number of benzene rings is 3. The van der Waals surface area contributed by atoms with Crippen molar-refractivity contribution in [2.24, 2.45) is 0 Å². The van der Waals surface area contributed by atoms with Crippen LogP contribution in [-0.4, -0.2) is 36.7 Å². The molecule has 0 aliphatic heterocycles. The molecule has 3 aromatic carbocycles. The van der Waals surface area contributed by atoms with Gasteiger partial charge in [-0.1, -0.05) is 35.9 Å². The van der Waals surface area contributed by atoms with Crippen molar-refractivity contribution in [3.63, 3.8) is 0 Å². The number of carbonyl (C=O) groups is 3. The highest BCUT2D eigenvalue weighted by molar-refractivity contribution is 6.34. The molecular weight excluding hydrogens is 414 g/mol. The third kappa shape index (κ3) is 5.29. The predicted molar refractivity (Wildman–Crippen MR) is 123 cm³/mol. The van der Waals surface area contributed by atoms with Crippen LogP contribution in [0.5, 0.6) is 0 Å². The number of amides is 3. The zero-order valence-corrected chi connectivity index (χ0v) is 18.2. The average molecular weight is 436 g/mol. The highest BCUT2D eigenvalue weighted by Gasteiger charge is 2.15. The summed E-state index contributed by atoms with van der Waals surface area (Å²) in [6, 6.07) is 18.6. The van der Waals surface area contributed by atoms with Crippen LogP contribution in [0.4, 0.5) is 11.4 Å². The number of nitrogens with one attached hydrogen (secondary N) is 2. The maximum absolute atomic E-state index is 12.7. The quantitative estimate of drug-likeness (QED) is 0.601. The van der Waals surface area contributed by atoms with Gasteiger partial charge in [0.05, 0.1) is 10.6 Å². The van der Waals surface area contributed by atoms with Crippen LogP contribution < -0.4 is 10.6 Å². The maximum atomic E-state index is 12.7. The van der Waals surface area contributed by atoms with Crippen LogP contribution in [0.3, 0.4) is 0 Å². The molecule has 3 rings (SSSR count). The van der Waals surface area contributed by atoms with Crippen LogP contribution in [0.25, 0.3) is 0 Å². The van der Waals surface area contributed by atoms with E-state index in [1.165, 1.54) is 11.0 Å². The van der Waals surface area contributed by atoms with Crippen molar-refractivity contribution < 1.29 is 14.4 Å². The Hall–Kier alpha value is -3.64. The molecule has 0 aliphatic carbocycles.